The van der Waals surface area contributed by atoms with E-state index in [-0.39, 0.29) is 11.8 Å². The minimum atomic E-state index is -0.391. The zero-order chi connectivity index (χ0) is 15.0. The van der Waals surface area contributed by atoms with Crippen molar-refractivity contribution in [1.82, 2.24) is 10.2 Å². The van der Waals surface area contributed by atoms with Gasteiger partial charge in [0.15, 0.2) is 0 Å². The van der Waals surface area contributed by atoms with Crippen LogP contribution in [0.3, 0.4) is 0 Å². The normalized spacial score (nSPS) is 31.1. The molecule has 2 aliphatic heterocycles. The van der Waals surface area contributed by atoms with E-state index in [2.05, 4.69) is 17.3 Å². The van der Waals surface area contributed by atoms with Gasteiger partial charge in [0.1, 0.15) is 11.6 Å². The van der Waals surface area contributed by atoms with Crippen LogP contribution in [0.2, 0.25) is 0 Å². The predicted molar refractivity (Wildman–Crippen MR) is 81.8 cm³/mol. The van der Waals surface area contributed by atoms with Crippen LogP contribution in [-0.4, -0.2) is 35.2 Å². The number of hydrogen-bond acceptors (Lipinski definition) is 3. The van der Waals surface area contributed by atoms with E-state index in [0.29, 0.717) is 18.1 Å². The highest BCUT2D eigenvalue weighted by Gasteiger charge is 2.36. The van der Waals surface area contributed by atoms with Crippen LogP contribution in [0.25, 0.3) is 0 Å². The number of rotatable bonds is 3. The van der Waals surface area contributed by atoms with Gasteiger partial charge in [-0.15, -0.1) is 0 Å². The van der Waals surface area contributed by atoms with Gasteiger partial charge in [-0.05, 0) is 45.7 Å². The molecular weight excluding hydrogens is 267 g/mol. The fraction of sp³-hybridized carbons (Fsp3) is 0.647. The maximum atomic E-state index is 13.1. The summed E-state index contributed by atoms with van der Waals surface area (Å²) in [5, 5.41) is 13.5. The number of nitrogens with zero attached hydrogens (tertiary/aromatic N) is 1. The van der Waals surface area contributed by atoms with Gasteiger partial charge in [0.25, 0.3) is 0 Å². The summed E-state index contributed by atoms with van der Waals surface area (Å²) in [5.74, 6) is -0.347. The third-order valence-corrected chi connectivity index (χ3v) is 5.28. The Morgan fingerprint density at radius 3 is 2.57 bits per heavy atom. The highest BCUT2D eigenvalue weighted by atomic mass is 19.1. The number of nitrogens with one attached hydrogen (secondary N) is 1. The Balaban J connectivity index is 1.66. The van der Waals surface area contributed by atoms with E-state index >= 15 is 0 Å². The van der Waals surface area contributed by atoms with Crippen LogP contribution in [0.4, 0.5) is 4.39 Å². The number of benzene rings is 1. The van der Waals surface area contributed by atoms with Crippen LogP contribution >= 0.6 is 0 Å². The number of aromatic hydroxyl groups is 1. The van der Waals surface area contributed by atoms with Crippen LogP contribution in [0.15, 0.2) is 18.2 Å². The average molecular weight is 292 g/mol. The Morgan fingerprint density at radius 2 is 1.95 bits per heavy atom. The van der Waals surface area contributed by atoms with E-state index in [0.717, 1.165) is 5.56 Å². The topological polar surface area (TPSA) is 35.5 Å². The Morgan fingerprint density at radius 1 is 1.29 bits per heavy atom. The van der Waals surface area contributed by atoms with Gasteiger partial charge in [0.05, 0.1) is 0 Å². The second kappa shape index (κ2) is 5.93. The van der Waals surface area contributed by atoms with Crippen molar-refractivity contribution in [3.05, 3.63) is 29.6 Å². The van der Waals surface area contributed by atoms with E-state index in [1.165, 1.54) is 44.2 Å². The van der Waals surface area contributed by atoms with Gasteiger partial charge in [0, 0.05) is 35.8 Å². The smallest absolute Gasteiger partial charge is 0.126 e. The third-order valence-electron chi connectivity index (χ3n) is 5.28. The molecule has 3 atom stereocenters. The molecule has 3 unspecified atom stereocenters. The molecule has 2 fully saturated rings. The van der Waals surface area contributed by atoms with Crippen molar-refractivity contribution >= 4 is 0 Å². The summed E-state index contributed by atoms with van der Waals surface area (Å²) >= 11 is 0. The standard InChI is InChI=1S/C17H25FN2O/c1-11(16-7-6-12(18)8-17(16)21)19-13-9-14-4-3-5-15(10-13)20(14)2/h6-8,11,13-15,19,21H,3-5,9-10H2,1-2H3. The lowest BCUT2D eigenvalue weighted by atomic mass is 9.82. The van der Waals surface area contributed by atoms with E-state index in [9.17, 15) is 9.50 Å². The molecule has 0 aromatic heterocycles. The average Bonchev–Trinajstić information content (AvgIpc) is 2.39. The number of phenolic OH excluding ortho intramolecular Hbond substituents is 1. The van der Waals surface area contributed by atoms with Crippen molar-refractivity contribution in [2.75, 3.05) is 7.05 Å². The maximum absolute atomic E-state index is 13.1. The van der Waals surface area contributed by atoms with Crippen LogP contribution < -0.4 is 5.32 Å². The molecule has 0 saturated carbocycles. The van der Waals surface area contributed by atoms with Crippen LogP contribution in [0.1, 0.15) is 50.6 Å². The number of phenols is 1. The van der Waals surface area contributed by atoms with Gasteiger partial charge in [-0.1, -0.05) is 12.5 Å². The molecule has 0 spiro atoms. The van der Waals surface area contributed by atoms with Crippen molar-refractivity contribution in [2.24, 2.45) is 0 Å². The summed E-state index contributed by atoms with van der Waals surface area (Å²) in [4.78, 5) is 2.54. The highest BCUT2D eigenvalue weighted by Crippen LogP contribution is 2.34. The van der Waals surface area contributed by atoms with E-state index in [1.807, 2.05) is 6.92 Å². The molecule has 116 valence electrons. The molecule has 2 bridgehead atoms. The van der Waals surface area contributed by atoms with Gasteiger partial charge in [0.2, 0.25) is 0 Å². The van der Waals surface area contributed by atoms with Gasteiger partial charge in [-0.2, -0.15) is 0 Å². The molecule has 0 amide bonds. The second-order valence-electron chi connectivity index (χ2n) is 6.66. The monoisotopic (exact) mass is 292 g/mol. The molecular formula is C17H25FN2O. The first-order valence-corrected chi connectivity index (χ1v) is 8.01. The predicted octanol–water partition coefficient (Wildman–Crippen LogP) is 3.20. The minimum Gasteiger partial charge on any atom is -0.508 e. The highest BCUT2D eigenvalue weighted by molar-refractivity contribution is 5.35. The summed E-state index contributed by atoms with van der Waals surface area (Å²) in [7, 11) is 2.25. The molecule has 2 N–H and O–H groups in total. The zero-order valence-corrected chi connectivity index (χ0v) is 12.8. The summed E-state index contributed by atoms with van der Waals surface area (Å²) in [6.45, 7) is 2.04. The Labute approximate surface area is 126 Å². The first kappa shape index (κ1) is 14.8. The maximum Gasteiger partial charge on any atom is 0.126 e. The summed E-state index contributed by atoms with van der Waals surface area (Å²) < 4.78 is 13.1. The number of fused-ring (bicyclic) bond motifs is 2. The van der Waals surface area contributed by atoms with Crippen molar-refractivity contribution in [3.63, 3.8) is 0 Å². The number of piperidine rings is 2. The van der Waals surface area contributed by atoms with Gasteiger partial charge >= 0.3 is 0 Å². The van der Waals surface area contributed by atoms with Gasteiger partial charge in [-0.3, -0.25) is 0 Å². The largest absolute Gasteiger partial charge is 0.508 e. The summed E-state index contributed by atoms with van der Waals surface area (Å²) in [6, 6.07) is 6.18. The second-order valence-corrected chi connectivity index (χ2v) is 6.66. The molecule has 0 radical (unpaired) electrons. The van der Waals surface area contributed by atoms with Crippen molar-refractivity contribution in [3.8, 4) is 5.75 Å². The Hall–Kier alpha value is -1.13. The molecule has 0 aliphatic carbocycles. The van der Waals surface area contributed by atoms with Crippen LogP contribution in [0, 0.1) is 5.82 Å². The summed E-state index contributed by atoms with van der Waals surface area (Å²) in [6.07, 6.45) is 6.27. The van der Waals surface area contributed by atoms with E-state index in [1.54, 1.807) is 6.07 Å². The fourth-order valence-corrected chi connectivity index (χ4v) is 4.08. The lowest BCUT2D eigenvalue weighted by molar-refractivity contribution is 0.0462. The lowest BCUT2D eigenvalue weighted by Crippen LogP contribution is -2.54. The molecule has 3 rings (SSSR count). The molecule has 2 saturated heterocycles. The van der Waals surface area contributed by atoms with Gasteiger partial charge in [-0.25, -0.2) is 4.39 Å². The fourth-order valence-electron chi connectivity index (χ4n) is 4.08. The zero-order valence-electron chi connectivity index (χ0n) is 12.8. The quantitative estimate of drug-likeness (QED) is 0.898. The number of hydrogen-bond donors (Lipinski definition) is 2. The Kier molecular flexibility index (Phi) is 4.18. The van der Waals surface area contributed by atoms with E-state index < -0.39 is 5.82 Å². The molecule has 2 aliphatic rings. The first-order chi connectivity index (χ1) is 10.0. The SMILES string of the molecule is CC(NC1CC2CCCC(C1)N2C)c1ccc(F)cc1O. The van der Waals surface area contributed by atoms with Crippen molar-refractivity contribution in [2.45, 2.75) is 63.2 Å². The first-order valence-electron chi connectivity index (χ1n) is 8.01. The molecule has 1 aromatic carbocycles. The Bertz CT molecular complexity index is 494. The molecule has 3 nitrogen and oxygen atoms in total. The lowest BCUT2D eigenvalue weighted by Gasteiger charge is -2.47. The van der Waals surface area contributed by atoms with Crippen LogP contribution in [-0.2, 0) is 0 Å². The van der Waals surface area contributed by atoms with Crippen molar-refractivity contribution < 1.29 is 9.50 Å². The number of halogens is 1. The molecule has 1 aromatic rings. The van der Waals surface area contributed by atoms with Crippen LogP contribution in [0.5, 0.6) is 5.75 Å². The molecule has 2 heterocycles. The molecule has 21 heavy (non-hydrogen) atoms. The minimum absolute atomic E-state index is 0.0414. The molecule has 4 heteroatoms. The third kappa shape index (κ3) is 3.06. The van der Waals surface area contributed by atoms with E-state index in [4.69, 9.17) is 0 Å². The van der Waals surface area contributed by atoms with Gasteiger partial charge < -0.3 is 15.3 Å². The summed E-state index contributed by atoms with van der Waals surface area (Å²) in [5.41, 5.74) is 0.778. The van der Waals surface area contributed by atoms with Crippen molar-refractivity contribution in [1.29, 1.82) is 0 Å².